The van der Waals surface area contributed by atoms with E-state index in [1.54, 1.807) is 0 Å². The number of carboxylic acids is 1. The summed E-state index contributed by atoms with van der Waals surface area (Å²) in [6.45, 7) is 0.742. The molecule has 0 radical (unpaired) electrons. The number of carboxylic acid groups (broad SMARTS) is 1. The fraction of sp³-hybridized carbons (Fsp3) is 0.556. The average molecular weight is 470 g/mol. The zero-order valence-electron chi connectivity index (χ0n) is 18.2. The van der Waals surface area contributed by atoms with E-state index < -0.39 is 54.5 Å². The van der Waals surface area contributed by atoms with E-state index in [2.05, 4.69) is 30.9 Å². The van der Waals surface area contributed by atoms with Crippen LogP contribution in [-0.2, 0) is 25.6 Å². The molecule has 15 nitrogen and oxygen atoms in total. The normalized spacial score (nSPS) is 14.3. The first-order valence-electron chi connectivity index (χ1n) is 10.1. The van der Waals surface area contributed by atoms with Crippen LogP contribution >= 0.6 is 0 Å². The van der Waals surface area contributed by atoms with E-state index in [1.807, 2.05) is 0 Å². The van der Waals surface area contributed by atoms with Crippen LogP contribution in [0.2, 0.25) is 0 Å². The zero-order chi connectivity index (χ0) is 25.0. The summed E-state index contributed by atoms with van der Waals surface area (Å²) < 4.78 is 0. The van der Waals surface area contributed by atoms with E-state index in [-0.39, 0.29) is 31.8 Å². The van der Waals surface area contributed by atoms with Gasteiger partial charge in [0.25, 0.3) is 0 Å². The van der Waals surface area contributed by atoms with Crippen LogP contribution < -0.4 is 33.2 Å². The Morgan fingerprint density at radius 1 is 1.12 bits per heavy atom. The number of imidazole rings is 1. The van der Waals surface area contributed by atoms with Crippen LogP contribution in [0.25, 0.3) is 0 Å². The van der Waals surface area contributed by atoms with Gasteiger partial charge in [-0.1, -0.05) is 0 Å². The molecule has 0 aliphatic carbocycles. The fourth-order valence-corrected chi connectivity index (χ4v) is 2.64. The summed E-state index contributed by atoms with van der Waals surface area (Å²) >= 11 is 0. The first-order chi connectivity index (χ1) is 15.5. The van der Waals surface area contributed by atoms with Gasteiger partial charge in [0.2, 0.25) is 17.7 Å². The van der Waals surface area contributed by atoms with Crippen molar-refractivity contribution in [3.63, 3.8) is 0 Å². The second-order valence-corrected chi connectivity index (χ2v) is 7.21. The van der Waals surface area contributed by atoms with E-state index in [4.69, 9.17) is 17.2 Å². The number of guanidine groups is 1. The number of aliphatic imine (C=N–C) groups is 1. The number of aromatic nitrogens is 2. The number of nitrogens with zero attached hydrogens (tertiary/aromatic N) is 2. The largest absolute Gasteiger partial charge is 0.480 e. The predicted octanol–water partition coefficient (Wildman–Crippen LogP) is -4.12. The SMILES string of the molecule is CC(NC(=O)C(N)Cc1cnc[nH]1)C(=O)NC(CO)C(=O)NC(CCCN=C(N)N)C(=O)O. The number of nitrogens with two attached hydrogens (primary N) is 3. The molecule has 3 amide bonds. The van der Waals surface area contributed by atoms with Crippen molar-refractivity contribution in [2.24, 2.45) is 22.2 Å². The van der Waals surface area contributed by atoms with Gasteiger partial charge in [0, 0.05) is 24.9 Å². The Morgan fingerprint density at radius 3 is 2.33 bits per heavy atom. The molecule has 0 bridgehead atoms. The summed E-state index contributed by atoms with van der Waals surface area (Å²) in [7, 11) is 0. The summed E-state index contributed by atoms with van der Waals surface area (Å²) in [6, 6.07) is -4.75. The highest BCUT2D eigenvalue weighted by atomic mass is 16.4. The number of rotatable bonds is 14. The van der Waals surface area contributed by atoms with Gasteiger partial charge in [0.1, 0.15) is 18.1 Å². The number of aromatic amines is 1. The minimum atomic E-state index is -1.44. The van der Waals surface area contributed by atoms with E-state index >= 15 is 0 Å². The maximum absolute atomic E-state index is 12.4. The Bertz CT molecular complexity index is 825. The third kappa shape index (κ3) is 9.96. The molecule has 1 rings (SSSR count). The van der Waals surface area contributed by atoms with Crippen molar-refractivity contribution >= 4 is 29.7 Å². The smallest absolute Gasteiger partial charge is 0.326 e. The Morgan fingerprint density at radius 2 is 1.79 bits per heavy atom. The molecule has 4 atom stereocenters. The van der Waals surface area contributed by atoms with Crippen molar-refractivity contribution in [3.8, 4) is 0 Å². The van der Waals surface area contributed by atoms with E-state index in [0.29, 0.717) is 5.69 Å². The average Bonchev–Trinajstić information content (AvgIpc) is 3.26. The zero-order valence-corrected chi connectivity index (χ0v) is 18.2. The van der Waals surface area contributed by atoms with Crippen LogP contribution in [0, 0.1) is 0 Å². The summed E-state index contributed by atoms with van der Waals surface area (Å²) in [6.07, 6.45) is 3.41. The molecule has 184 valence electrons. The van der Waals surface area contributed by atoms with Gasteiger partial charge in [-0.05, 0) is 19.8 Å². The summed E-state index contributed by atoms with van der Waals surface area (Å²) in [5.41, 5.74) is 16.8. The highest BCUT2D eigenvalue weighted by Crippen LogP contribution is 2.01. The molecule has 0 aromatic carbocycles. The first kappa shape index (κ1) is 27.3. The van der Waals surface area contributed by atoms with Crippen molar-refractivity contribution < 1.29 is 29.4 Å². The van der Waals surface area contributed by atoms with Crippen molar-refractivity contribution in [1.82, 2.24) is 25.9 Å². The maximum atomic E-state index is 12.4. The summed E-state index contributed by atoms with van der Waals surface area (Å²) in [4.78, 5) is 58.7. The lowest BCUT2D eigenvalue weighted by molar-refractivity contribution is -0.142. The van der Waals surface area contributed by atoms with Gasteiger partial charge in [-0.2, -0.15) is 0 Å². The maximum Gasteiger partial charge on any atom is 0.326 e. The monoisotopic (exact) mass is 469 g/mol. The number of aliphatic carboxylic acids is 1. The van der Waals surface area contributed by atoms with Crippen LogP contribution in [0.15, 0.2) is 17.5 Å². The molecule has 0 aliphatic heterocycles. The van der Waals surface area contributed by atoms with Gasteiger partial charge in [0.15, 0.2) is 5.96 Å². The number of hydrogen-bond acceptors (Lipinski definition) is 8. The molecular formula is C18H31N9O6. The minimum Gasteiger partial charge on any atom is -0.480 e. The van der Waals surface area contributed by atoms with Crippen molar-refractivity contribution in [3.05, 3.63) is 18.2 Å². The van der Waals surface area contributed by atoms with Crippen LogP contribution in [0.5, 0.6) is 0 Å². The predicted molar refractivity (Wildman–Crippen MR) is 116 cm³/mol. The van der Waals surface area contributed by atoms with E-state index in [0.717, 1.165) is 0 Å². The van der Waals surface area contributed by atoms with Gasteiger partial charge >= 0.3 is 5.97 Å². The van der Waals surface area contributed by atoms with Crippen molar-refractivity contribution in [1.29, 1.82) is 0 Å². The number of aliphatic hydroxyl groups excluding tert-OH is 1. The molecule has 0 aliphatic rings. The minimum absolute atomic E-state index is 0.0185. The molecule has 4 unspecified atom stereocenters. The number of amides is 3. The molecule has 15 heteroatoms. The lowest BCUT2D eigenvalue weighted by Gasteiger charge is -2.22. The molecule has 12 N–H and O–H groups in total. The quantitative estimate of drug-likeness (QED) is 0.0721. The highest BCUT2D eigenvalue weighted by Gasteiger charge is 2.28. The topological polar surface area (TPSA) is 264 Å². The number of carbonyl (C=O) groups excluding carboxylic acids is 3. The number of nitrogens with one attached hydrogen (secondary N) is 4. The first-order valence-corrected chi connectivity index (χ1v) is 10.1. The lowest BCUT2D eigenvalue weighted by Crippen LogP contribution is -2.57. The van der Waals surface area contributed by atoms with Gasteiger partial charge in [-0.3, -0.25) is 19.4 Å². The number of H-pyrrole nitrogens is 1. The van der Waals surface area contributed by atoms with Crippen LogP contribution in [0.1, 0.15) is 25.5 Å². The number of carbonyl (C=O) groups is 4. The molecule has 0 saturated heterocycles. The molecule has 33 heavy (non-hydrogen) atoms. The third-order valence-corrected chi connectivity index (χ3v) is 4.46. The van der Waals surface area contributed by atoms with Gasteiger partial charge in [-0.25, -0.2) is 9.78 Å². The fourth-order valence-electron chi connectivity index (χ4n) is 2.64. The van der Waals surface area contributed by atoms with Crippen molar-refractivity contribution in [2.45, 2.75) is 50.4 Å². The second kappa shape index (κ2) is 13.6. The van der Waals surface area contributed by atoms with Gasteiger partial charge in [0.05, 0.1) is 19.0 Å². The Kier molecular flexibility index (Phi) is 11.3. The Balaban J connectivity index is 2.58. The van der Waals surface area contributed by atoms with E-state index in [1.165, 1.54) is 19.4 Å². The number of aliphatic hydroxyl groups is 1. The van der Waals surface area contributed by atoms with Gasteiger partial charge < -0.3 is 48.3 Å². The third-order valence-electron chi connectivity index (χ3n) is 4.46. The summed E-state index contributed by atoms with van der Waals surface area (Å²) in [5, 5.41) is 25.7. The second-order valence-electron chi connectivity index (χ2n) is 7.21. The molecular weight excluding hydrogens is 438 g/mol. The summed E-state index contributed by atoms with van der Waals surface area (Å²) in [5.74, 6) is -3.73. The molecule has 0 fully saturated rings. The van der Waals surface area contributed by atoms with Crippen LogP contribution in [0.3, 0.4) is 0 Å². The Labute approximate surface area is 189 Å². The standard InChI is InChI=1S/C18H31N9O6/c1-9(25-15(30)11(19)5-10-6-22-8-24-10)14(29)27-13(7-28)16(31)26-12(17(32)33)3-2-4-23-18(20)21/h6,8-9,11-13,28H,2-5,7,19H2,1H3,(H,22,24)(H,25,30)(H,26,31)(H,27,29)(H,32,33)(H4,20,21,23). The molecule has 1 heterocycles. The highest BCUT2D eigenvalue weighted by molar-refractivity contribution is 5.94. The molecule has 1 aromatic rings. The van der Waals surface area contributed by atoms with Crippen LogP contribution in [0.4, 0.5) is 0 Å². The number of hydrogen-bond donors (Lipinski definition) is 9. The van der Waals surface area contributed by atoms with E-state index in [9.17, 15) is 29.4 Å². The van der Waals surface area contributed by atoms with Gasteiger partial charge in [-0.15, -0.1) is 0 Å². The molecule has 0 saturated carbocycles. The molecule has 0 spiro atoms. The lowest BCUT2D eigenvalue weighted by atomic mass is 10.1. The van der Waals surface area contributed by atoms with Crippen molar-refractivity contribution in [2.75, 3.05) is 13.2 Å². The van der Waals surface area contributed by atoms with Crippen LogP contribution in [-0.4, -0.2) is 87.2 Å². The molecule has 1 aromatic heterocycles. The Hall–Kier alpha value is -3.72.